The summed E-state index contributed by atoms with van der Waals surface area (Å²) in [6.45, 7) is 2.34. The zero-order valence-corrected chi connectivity index (χ0v) is 9.24. The van der Waals surface area contributed by atoms with Crippen LogP contribution in [-0.4, -0.2) is 12.9 Å². The topological polar surface area (TPSA) is 26.3 Å². The Morgan fingerprint density at radius 3 is 2.53 bits per heavy atom. The van der Waals surface area contributed by atoms with Crippen molar-refractivity contribution < 1.29 is 9.53 Å². The van der Waals surface area contributed by atoms with E-state index in [2.05, 4.69) is 19.1 Å². The first kappa shape index (κ1) is 11.8. The van der Waals surface area contributed by atoms with Crippen molar-refractivity contribution in [2.24, 2.45) is 0 Å². The largest absolute Gasteiger partial charge is 0.486 e. The van der Waals surface area contributed by atoms with Crippen molar-refractivity contribution in [1.29, 1.82) is 0 Å². The highest BCUT2D eigenvalue weighted by Gasteiger charge is 1.95. The first-order valence-corrected chi connectivity index (χ1v) is 5.52. The second-order valence-corrected chi connectivity index (χ2v) is 3.58. The van der Waals surface area contributed by atoms with E-state index in [1.807, 2.05) is 12.1 Å². The predicted molar refractivity (Wildman–Crippen MR) is 61.2 cm³/mol. The number of carbonyl (C=O) groups excluding carboxylic acids is 1. The number of hydrogen-bond acceptors (Lipinski definition) is 2. The SMILES string of the molecule is CCCCCc1ccc(OCC=O)cc1. The number of ether oxygens (including phenoxy) is 1. The Morgan fingerprint density at radius 2 is 1.93 bits per heavy atom. The van der Waals surface area contributed by atoms with Crippen LogP contribution in [0.15, 0.2) is 24.3 Å². The minimum absolute atomic E-state index is 0.134. The molecule has 0 atom stereocenters. The summed E-state index contributed by atoms with van der Waals surface area (Å²) in [5, 5.41) is 0. The molecule has 0 amide bonds. The van der Waals surface area contributed by atoms with Crippen molar-refractivity contribution in [3.63, 3.8) is 0 Å². The molecule has 2 heteroatoms. The van der Waals surface area contributed by atoms with Gasteiger partial charge >= 0.3 is 0 Å². The van der Waals surface area contributed by atoms with Gasteiger partial charge in [-0.3, -0.25) is 4.79 Å². The summed E-state index contributed by atoms with van der Waals surface area (Å²) in [5.74, 6) is 0.765. The van der Waals surface area contributed by atoms with Crippen LogP contribution < -0.4 is 4.74 Å². The maximum Gasteiger partial charge on any atom is 0.157 e. The second-order valence-electron chi connectivity index (χ2n) is 3.58. The Hall–Kier alpha value is -1.31. The monoisotopic (exact) mass is 206 g/mol. The van der Waals surface area contributed by atoms with Gasteiger partial charge in [0.1, 0.15) is 12.4 Å². The molecule has 0 unspecified atom stereocenters. The molecule has 0 radical (unpaired) electrons. The maximum atomic E-state index is 10.1. The molecular formula is C13H18O2. The lowest BCUT2D eigenvalue weighted by molar-refractivity contribution is -0.109. The Morgan fingerprint density at radius 1 is 1.20 bits per heavy atom. The van der Waals surface area contributed by atoms with Gasteiger partial charge in [0.05, 0.1) is 0 Å². The molecule has 0 fully saturated rings. The van der Waals surface area contributed by atoms with Crippen molar-refractivity contribution in [3.8, 4) is 5.75 Å². The average Bonchev–Trinajstić information content (AvgIpc) is 2.28. The van der Waals surface area contributed by atoms with Crippen LogP contribution in [0.2, 0.25) is 0 Å². The van der Waals surface area contributed by atoms with E-state index in [1.165, 1.54) is 24.8 Å². The number of rotatable bonds is 7. The Kier molecular flexibility index (Phi) is 5.52. The molecule has 0 aliphatic rings. The van der Waals surface area contributed by atoms with Crippen LogP contribution in [0.25, 0.3) is 0 Å². The van der Waals surface area contributed by atoms with Crippen LogP contribution in [0, 0.1) is 0 Å². The van der Waals surface area contributed by atoms with Gasteiger partial charge in [0.2, 0.25) is 0 Å². The number of aryl methyl sites for hydroxylation is 1. The van der Waals surface area contributed by atoms with E-state index in [-0.39, 0.29) is 6.61 Å². The van der Waals surface area contributed by atoms with Gasteiger partial charge in [-0.25, -0.2) is 0 Å². The van der Waals surface area contributed by atoms with Gasteiger partial charge in [0, 0.05) is 0 Å². The summed E-state index contributed by atoms with van der Waals surface area (Å²) in [5.41, 5.74) is 1.34. The molecule has 0 heterocycles. The Labute approximate surface area is 91.3 Å². The fourth-order valence-electron chi connectivity index (χ4n) is 1.46. The molecule has 0 aliphatic heterocycles. The molecule has 0 spiro atoms. The zero-order valence-electron chi connectivity index (χ0n) is 9.24. The number of benzene rings is 1. The standard InChI is InChI=1S/C13H18O2/c1-2-3-4-5-12-6-8-13(9-7-12)15-11-10-14/h6-10H,2-5,11H2,1H3. The number of unbranched alkanes of at least 4 members (excludes halogenated alkanes) is 2. The maximum absolute atomic E-state index is 10.1. The van der Waals surface area contributed by atoms with Crippen LogP contribution in [0.1, 0.15) is 31.7 Å². The third-order valence-corrected chi connectivity index (χ3v) is 2.31. The summed E-state index contributed by atoms with van der Waals surface area (Å²) in [4.78, 5) is 10.1. The molecule has 0 aliphatic carbocycles. The summed E-state index contributed by atoms with van der Waals surface area (Å²) in [6, 6.07) is 7.97. The molecule has 1 aromatic rings. The van der Waals surface area contributed by atoms with E-state index in [0.29, 0.717) is 0 Å². The van der Waals surface area contributed by atoms with Crippen LogP contribution in [0.5, 0.6) is 5.75 Å². The van der Waals surface area contributed by atoms with Crippen molar-refractivity contribution in [2.75, 3.05) is 6.61 Å². The first-order valence-electron chi connectivity index (χ1n) is 5.52. The third-order valence-electron chi connectivity index (χ3n) is 2.31. The Bertz CT molecular complexity index is 277. The lowest BCUT2D eigenvalue weighted by Gasteiger charge is -2.04. The summed E-state index contributed by atoms with van der Waals surface area (Å²) < 4.78 is 5.17. The van der Waals surface area contributed by atoms with Crippen molar-refractivity contribution in [3.05, 3.63) is 29.8 Å². The van der Waals surface area contributed by atoms with Crippen LogP contribution in [0.4, 0.5) is 0 Å². The second kappa shape index (κ2) is 7.04. The Balaban J connectivity index is 2.38. The van der Waals surface area contributed by atoms with Gasteiger partial charge in [-0.2, -0.15) is 0 Å². The van der Waals surface area contributed by atoms with Crippen molar-refractivity contribution >= 4 is 6.29 Å². The molecule has 15 heavy (non-hydrogen) atoms. The summed E-state index contributed by atoms with van der Waals surface area (Å²) in [7, 11) is 0. The number of hydrogen-bond donors (Lipinski definition) is 0. The highest BCUT2D eigenvalue weighted by Crippen LogP contribution is 2.13. The molecule has 0 saturated carbocycles. The summed E-state index contributed by atoms with van der Waals surface area (Å²) in [6.07, 6.45) is 5.66. The predicted octanol–water partition coefficient (Wildman–Crippen LogP) is 3.00. The molecule has 0 N–H and O–H groups in total. The van der Waals surface area contributed by atoms with Crippen molar-refractivity contribution in [2.45, 2.75) is 32.6 Å². The molecule has 2 nitrogen and oxygen atoms in total. The lowest BCUT2D eigenvalue weighted by Crippen LogP contribution is -1.97. The first-order chi connectivity index (χ1) is 7.36. The van der Waals surface area contributed by atoms with Gasteiger partial charge in [0.25, 0.3) is 0 Å². The number of aldehydes is 1. The smallest absolute Gasteiger partial charge is 0.157 e. The summed E-state index contributed by atoms with van der Waals surface area (Å²) >= 11 is 0. The molecule has 0 saturated heterocycles. The van der Waals surface area contributed by atoms with E-state index in [9.17, 15) is 4.79 Å². The lowest BCUT2D eigenvalue weighted by atomic mass is 10.1. The fourth-order valence-corrected chi connectivity index (χ4v) is 1.46. The van der Waals surface area contributed by atoms with E-state index in [0.717, 1.165) is 18.5 Å². The number of carbonyl (C=O) groups is 1. The van der Waals surface area contributed by atoms with E-state index in [4.69, 9.17) is 4.74 Å². The van der Waals surface area contributed by atoms with E-state index >= 15 is 0 Å². The molecule has 0 bridgehead atoms. The van der Waals surface area contributed by atoms with Gasteiger partial charge in [-0.05, 0) is 30.5 Å². The van der Waals surface area contributed by atoms with Crippen LogP contribution in [-0.2, 0) is 11.2 Å². The molecule has 0 aromatic heterocycles. The van der Waals surface area contributed by atoms with Crippen LogP contribution in [0.3, 0.4) is 0 Å². The third kappa shape index (κ3) is 4.63. The average molecular weight is 206 g/mol. The van der Waals surface area contributed by atoms with Gasteiger partial charge in [-0.15, -0.1) is 0 Å². The van der Waals surface area contributed by atoms with Crippen LogP contribution >= 0.6 is 0 Å². The highest BCUT2D eigenvalue weighted by molar-refractivity contribution is 5.51. The normalized spacial score (nSPS) is 9.93. The highest BCUT2D eigenvalue weighted by atomic mass is 16.5. The molecule has 1 aromatic carbocycles. The molecular weight excluding hydrogens is 188 g/mol. The molecule has 82 valence electrons. The van der Waals surface area contributed by atoms with Gasteiger partial charge < -0.3 is 4.74 Å². The zero-order chi connectivity index (χ0) is 10.9. The van der Waals surface area contributed by atoms with Crippen molar-refractivity contribution in [1.82, 2.24) is 0 Å². The quantitative estimate of drug-likeness (QED) is 0.506. The minimum Gasteiger partial charge on any atom is -0.486 e. The fraction of sp³-hybridized carbons (Fsp3) is 0.462. The van der Waals surface area contributed by atoms with Gasteiger partial charge in [0.15, 0.2) is 6.29 Å². The molecule has 1 rings (SSSR count). The van der Waals surface area contributed by atoms with E-state index in [1.54, 1.807) is 0 Å². The van der Waals surface area contributed by atoms with Gasteiger partial charge in [-0.1, -0.05) is 31.9 Å². The minimum atomic E-state index is 0.134. The van der Waals surface area contributed by atoms with E-state index < -0.39 is 0 Å².